The van der Waals surface area contributed by atoms with E-state index in [1.165, 1.54) is 29.5 Å². The smallest absolute Gasteiger partial charge is 0.251 e. The molecule has 1 aliphatic carbocycles. The van der Waals surface area contributed by atoms with Crippen LogP contribution in [0.1, 0.15) is 40.0 Å². The molecule has 0 unspecified atom stereocenters. The van der Waals surface area contributed by atoms with Crippen LogP contribution in [-0.4, -0.2) is 54.0 Å². The first-order valence-electron chi connectivity index (χ1n) is 11.0. The lowest BCUT2D eigenvalue weighted by molar-refractivity contribution is 0.0951. The van der Waals surface area contributed by atoms with Crippen molar-refractivity contribution in [3.8, 4) is 0 Å². The van der Waals surface area contributed by atoms with Crippen LogP contribution < -0.4 is 10.2 Å². The summed E-state index contributed by atoms with van der Waals surface area (Å²) in [7, 11) is 2.15. The minimum Gasteiger partial charge on any atom is -0.358 e. The van der Waals surface area contributed by atoms with E-state index in [-0.39, 0.29) is 5.91 Å². The number of carbonyl (C=O) groups excluding carboxylic acids is 1. The van der Waals surface area contributed by atoms with Gasteiger partial charge in [0.25, 0.3) is 5.91 Å². The van der Waals surface area contributed by atoms with Crippen molar-refractivity contribution in [2.24, 2.45) is 0 Å². The largest absolute Gasteiger partial charge is 0.358 e. The number of hydrogen-bond donors (Lipinski definition) is 2. The number of aryl methyl sites for hydroxylation is 2. The quantitative estimate of drug-likeness (QED) is 0.703. The van der Waals surface area contributed by atoms with Crippen molar-refractivity contribution in [2.45, 2.75) is 32.2 Å². The number of aromatic nitrogens is 2. The fraction of sp³-hybridized carbons (Fsp3) is 0.417. The van der Waals surface area contributed by atoms with Gasteiger partial charge in [0.2, 0.25) is 0 Å². The van der Waals surface area contributed by atoms with Gasteiger partial charge in [-0.1, -0.05) is 6.07 Å². The minimum atomic E-state index is -0.0363. The Bertz CT molecular complexity index is 1050. The van der Waals surface area contributed by atoms with Crippen molar-refractivity contribution in [3.05, 3.63) is 58.9 Å². The van der Waals surface area contributed by atoms with Crippen molar-refractivity contribution in [1.82, 2.24) is 20.2 Å². The van der Waals surface area contributed by atoms with Crippen molar-refractivity contribution in [2.75, 3.05) is 38.1 Å². The molecular formula is C24H29N5O. The van der Waals surface area contributed by atoms with Crippen LogP contribution in [0, 0.1) is 0 Å². The molecule has 3 heterocycles. The zero-order valence-corrected chi connectivity index (χ0v) is 17.6. The highest BCUT2D eigenvalue weighted by Gasteiger charge is 2.17. The van der Waals surface area contributed by atoms with Crippen molar-refractivity contribution < 1.29 is 4.79 Å². The minimum absolute atomic E-state index is 0.0363. The van der Waals surface area contributed by atoms with E-state index in [0.29, 0.717) is 6.54 Å². The number of amides is 1. The first-order chi connectivity index (χ1) is 14.7. The summed E-state index contributed by atoms with van der Waals surface area (Å²) in [5, 5.41) is 4.25. The lowest BCUT2D eigenvalue weighted by Crippen LogP contribution is -2.44. The molecule has 2 aliphatic rings. The Morgan fingerprint density at radius 3 is 2.73 bits per heavy atom. The molecule has 1 aliphatic heterocycles. The molecule has 5 rings (SSSR count). The molecule has 1 aromatic carbocycles. The Kier molecular flexibility index (Phi) is 5.17. The second kappa shape index (κ2) is 8.11. The summed E-state index contributed by atoms with van der Waals surface area (Å²) in [6.07, 6.45) is 6.57. The van der Waals surface area contributed by atoms with Crippen LogP contribution in [0.2, 0.25) is 0 Å². The van der Waals surface area contributed by atoms with Gasteiger partial charge in [-0.05, 0) is 68.1 Å². The van der Waals surface area contributed by atoms with Crippen LogP contribution >= 0.6 is 0 Å². The van der Waals surface area contributed by atoms with Crippen molar-refractivity contribution >= 4 is 22.6 Å². The summed E-state index contributed by atoms with van der Waals surface area (Å²) in [5.74, 6) is 0.978. The zero-order valence-electron chi connectivity index (χ0n) is 17.6. The molecule has 1 saturated heterocycles. The van der Waals surface area contributed by atoms with Gasteiger partial charge in [0.05, 0.1) is 0 Å². The highest BCUT2D eigenvalue weighted by atomic mass is 16.1. The van der Waals surface area contributed by atoms with E-state index in [9.17, 15) is 4.79 Å². The van der Waals surface area contributed by atoms with Gasteiger partial charge in [0, 0.05) is 61.1 Å². The molecule has 1 fully saturated rings. The molecule has 0 spiro atoms. The van der Waals surface area contributed by atoms with Gasteiger partial charge in [-0.3, -0.25) is 4.79 Å². The number of likely N-dealkylation sites (N-methyl/N-ethyl adjacent to an activating group) is 1. The van der Waals surface area contributed by atoms with Crippen LogP contribution in [0.4, 0.5) is 5.82 Å². The van der Waals surface area contributed by atoms with Crippen LogP contribution in [0.3, 0.4) is 0 Å². The molecule has 0 bridgehead atoms. The van der Waals surface area contributed by atoms with E-state index in [0.717, 1.165) is 61.5 Å². The van der Waals surface area contributed by atoms with Gasteiger partial charge in [0.1, 0.15) is 5.82 Å². The number of aromatic amines is 1. The Labute approximate surface area is 177 Å². The standard InChI is InChI=1S/C24H29N5O/c1-28-10-12-29(13-11-28)23-9-6-17(15-25-23)16-26-24(30)18-7-8-22-20(14-18)19-4-2-3-5-21(19)27-22/h6-9,14-15,27H,2-5,10-13,16H2,1H3,(H,26,30). The molecule has 0 radical (unpaired) electrons. The molecular weight excluding hydrogens is 374 g/mol. The zero-order chi connectivity index (χ0) is 20.5. The van der Waals surface area contributed by atoms with Crippen LogP contribution in [0.15, 0.2) is 36.5 Å². The SMILES string of the molecule is CN1CCN(c2ccc(CNC(=O)c3ccc4[nH]c5c(c4c3)CCCC5)cn2)CC1. The Balaban J connectivity index is 1.23. The van der Waals surface area contributed by atoms with Gasteiger partial charge in [-0.25, -0.2) is 4.98 Å². The fourth-order valence-corrected chi connectivity index (χ4v) is 4.58. The van der Waals surface area contributed by atoms with Gasteiger partial charge >= 0.3 is 0 Å². The van der Waals surface area contributed by atoms with Gasteiger partial charge in [-0.15, -0.1) is 0 Å². The second-order valence-electron chi connectivity index (χ2n) is 8.55. The summed E-state index contributed by atoms with van der Waals surface area (Å²) in [4.78, 5) is 25.5. The molecule has 6 nitrogen and oxygen atoms in total. The Morgan fingerprint density at radius 2 is 1.93 bits per heavy atom. The molecule has 156 valence electrons. The van der Waals surface area contributed by atoms with Crippen LogP contribution in [-0.2, 0) is 19.4 Å². The number of carbonyl (C=O) groups is 1. The van der Waals surface area contributed by atoms with Gasteiger partial charge in [0.15, 0.2) is 0 Å². The lowest BCUT2D eigenvalue weighted by atomic mass is 9.95. The number of piperazine rings is 1. The number of fused-ring (bicyclic) bond motifs is 3. The number of hydrogen-bond acceptors (Lipinski definition) is 4. The van der Waals surface area contributed by atoms with Gasteiger partial charge in [-0.2, -0.15) is 0 Å². The van der Waals surface area contributed by atoms with Crippen LogP contribution in [0.5, 0.6) is 0 Å². The van der Waals surface area contributed by atoms with Crippen molar-refractivity contribution in [1.29, 1.82) is 0 Å². The maximum Gasteiger partial charge on any atom is 0.251 e. The Hall–Kier alpha value is -2.86. The molecule has 2 aromatic heterocycles. The normalized spacial score (nSPS) is 17.2. The van der Waals surface area contributed by atoms with E-state index in [1.807, 2.05) is 24.4 Å². The predicted octanol–water partition coefficient (Wildman–Crippen LogP) is 3.12. The third kappa shape index (κ3) is 3.79. The highest BCUT2D eigenvalue weighted by Crippen LogP contribution is 2.29. The van der Waals surface area contributed by atoms with E-state index < -0.39 is 0 Å². The topological polar surface area (TPSA) is 64.3 Å². The number of nitrogens with one attached hydrogen (secondary N) is 2. The summed E-state index contributed by atoms with van der Waals surface area (Å²) in [6, 6.07) is 10.1. The number of anilines is 1. The monoisotopic (exact) mass is 403 g/mol. The average molecular weight is 404 g/mol. The van der Waals surface area contributed by atoms with Crippen molar-refractivity contribution in [3.63, 3.8) is 0 Å². The Morgan fingerprint density at radius 1 is 1.10 bits per heavy atom. The first-order valence-corrected chi connectivity index (χ1v) is 11.0. The first kappa shape index (κ1) is 19.1. The highest BCUT2D eigenvalue weighted by molar-refractivity contribution is 5.99. The molecule has 1 amide bonds. The van der Waals surface area contributed by atoms with E-state index in [2.05, 4.69) is 44.3 Å². The third-order valence-corrected chi connectivity index (χ3v) is 6.45. The fourth-order valence-electron chi connectivity index (χ4n) is 4.58. The maximum absolute atomic E-state index is 12.7. The number of nitrogens with zero attached hydrogens (tertiary/aromatic N) is 3. The molecule has 6 heteroatoms. The third-order valence-electron chi connectivity index (χ3n) is 6.45. The molecule has 30 heavy (non-hydrogen) atoms. The van der Waals surface area contributed by atoms with Crippen LogP contribution in [0.25, 0.3) is 10.9 Å². The molecule has 2 N–H and O–H groups in total. The number of H-pyrrole nitrogens is 1. The second-order valence-corrected chi connectivity index (χ2v) is 8.55. The van der Waals surface area contributed by atoms with E-state index >= 15 is 0 Å². The molecule has 3 aromatic rings. The predicted molar refractivity (Wildman–Crippen MR) is 120 cm³/mol. The number of benzene rings is 1. The summed E-state index contributed by atoms with van der Waals surface area (Å²) in [6.45, 7) is 4.62. The lowest BCUT2D eigenvalue weighted by Gasteiger charge is -2.33. The average Bonchev–Trinajstić information content (AvgIpc) is 3.16. The maximum atomic E-state index is 12.7. The van der Waals surface area contributed by atoms with E-state index in [1.54, 1.807) is 0 Å². The summed E-state index contributed by atoms with van der Waals surface area (Å²) >= 11 is 0. The summed E-state index contributed by atoms with van der Waals surface area (Å²) in [5.41, 5.74) is 5.62. The van der Waals surface area contributed by atoms with E-state index in [4.69, 9.17) is 0 Å². The van der Waals surface area contributed by atoms with Gasteiger partial charge < -0.3 is 20.1 Å². The number of rotatable bonds is 4. The number of pyridine rings is 1. The molecule has 0 saturated carbocycles. The molecule has 0 atom stereocenters. The summed E-state index contributed by atoms with van der Waals surface area (Å²) < 4.78 is 0.